The first-order valence-electron chi connectivity index (χ1n) is 7.31. The maximum absolute atomic E-state index is 10.1. The minimum atomic E-state index is -0.527. The number of benzene rings is 1. The second-order valence-corrected chi connectivity index (χ2v) is 5.77. The standard InChI is InChI=1S/C16H26N2O2/c1-12(19)16-14(8-5-9-15(16)20-4)18-10-6-7-13(11-18)17(2)3/h5,8-9,12-13,19H,6-7,10-11H2,1-4H3. The summed E-state index contributed by atoms with van der Waals surface area (Å²) in [6.45, 7) is 3.84. The fraction of sp³-hybridized carbons (Fsp3) is 0.625. The molecule has 2 atom stereocenters. The van der Waals surface area contributed by atoms with Crippen molar-refractivity contribution in [1.82, 2.24) is 4.90 Å². The number of nitrogens with zero attached hydrogens (tertiary/aromatic N) is 2. The Morgan fingerprint density at radius 2 is 2.15 bits per heavy atom. The van der Waals surface area contributed by atoms with Gasteiger partial charge in [0, 0.05) is 30.4 Å². The van der Waals surface area contributed by atoms with Gasteiger partial charge < -0.3 is 19.6 Å². The molecule has 0 bridgehead atoms. The summed E-state index contributed by atoms with van der Waals surface area (Å²) in [6.07, 6.45) is 1.89. The highest BCUT2D eigenvalue weighted by molar-refractivity contribution is 5.60. The Morgan fingerprint density at radius 1 is 1.40 bits per heavy atom. The summed E-state index contributed by atoms with van der Waals surface area (Å²) in [5.74, 6) is 0.768. The minimum absolute atomic E-state index is 0.527. The van der Waals surface area contributed by atoms with Gasteiger partial charge in [-0.25, -0.2) is 0 Å². The van der Waals surface area contributed by atoms with Gasteiger partial charge in [0.25, 0.3) is 0 Å². The minimum Gasteiger partial charge on any atom is -0.496 e. The van der Waals surface area contributed by atoms with Crippen molar-refractivity contribution in [2.24, 2.45) is 0 Å². The van der Waals surface area contributed by atoms with Crippen molar-refractivity contribution in [3.05, 3.63) is 23.8 Å². The molecule has 1 aliphatic heterocycles. The summed E-state index contributed by atoms with van der Waals surface area (Å²) in [6, 6.07) is 6.57. The smallest absolute Gasteiger partial charge is 0.126 e. The van der Waals surface area contributed by atoms with Gasteiger partial charge in [-0.15, -0.1) is 0 Å². The number of hydrogen-bond donors (Lipinski definition) is 1. The van der Waals surface area contributed by atoms with E-state index in [1.807, 2.05) is 12.1 Å². The molecule has 0 amide bonds. The van der Waals surface area contributed by atoms with Crippen LogP contribution in [-0.4, -0.2) is 50.3 Å². The van der Waals surface area contributed by atoms with E-state index in [-0.39, 0.29) is 0 Å². The van der Waals surface area contributed by atoms with Crippen LogP contribution >= 0.6 is 0 Å². The second kappa shape index (κ2) is 6.46. The van der Waals surface area contributed by atoms with Crippen LogP contribution in [0, 0.1) is 0 Å². The first-order chi connectivity index (χ1) is 9.54. The van der Waals surface area contributed by atoms with Crippen LogP contribution < -0.4 is 9.64 Å². The fourth-order valence-corrected chi connectivity index (χ4v) is 3.00. The van der Waals surface area contributed by atoms with Gasteiger partial charge in [-0.2, -0.15) is 0 Å². The quantitative estimate of drug-likeness (QED) is 0.916. The molecule has 112 valence electrons. The van der Waals surface area contributed by atoms with E-state index in [2.05, 4.69) is 30.0 Å². The predicted molar refractivity (Wildman–Crippen MR) is 82.5 cm³/mol. The summed E-state index contributed by atoms with van der Waals surface area (Å²) in [4.78, 5) is 4.66. The highest BCUT2D eigenvalue weighted by atomic mass is 16.5. The van der Waals surface area contributed by atoms with Crippen molar-refractivity contribution in [3.8, 4) is 5.75 Å². The van der Waals surface area contributed by atoms with E-state index in [4.69, 9.17) is 4.74 Å². The molecule has 1 fully saturated rings. The van der Waals surface area contributed by atoms with E-state index in [0.717, 1.165) is 30.1 Å². The van der Waals surface area contributed by atoms with E-state index < -0.39 is 6.10 Å². The van der Waals surface area contributed by atoms with Crippen LogP contribution in [0.5, 0.6) is 5.75 Å². The number of methoxy groups -OCH3 is 1. The molecular weight excluding hydrogens is 252 g/mol. The molecule has 1 saturated heterocycles. The van der Waals surface area contributed by atoms with Gasteiger partial charge in [-0.05, 0) is 46.0 Å². The summed E-state index contributed by atoms with van der Waals surface area (Å²) in [5.41, 5.74) is 2.00. The lowest BCUT2D eigenvalue weighted by Gasteiger charge is -2.38. The first kappa shape index (κ1) is 15.1. The van der Waals surface area contributed by atoms with Crippen molar-refractivity contribution >= 4 is 5.69 Å². The second-order valence-electron chi connectivity index (χ2n) is 5.77. The highest BCUT2D eigenvalue weighted by Gasteiger charge is 2.25. The van der Waals surface area contributed by atoms with Gasteiger partial charge in [0.15, 0.2) is 0 Å². The lowest BCUT2D eigenvalue weighted by molar-refractivity contribution is 0.194. The average molecular weight is 278 g/mol. The number of piperidine rings is 1. The molecule has 0 saturated carbocycles. The van der Waals surface area contributed by atoms with Gasteiger partial charge in [-0.3, -0.25) is 0 Å². The first-order valence-corrected chi connectivity index (χ1v) is 7.31. The van der Waals surface area contributed by atoms with E-state index in [1.54, 1.807) is 14.0 Å². The SMILES string of the molecule is COc1cccc(N2CCCC(N(C)C)C2)c1C(C)O. The summed E-state index contributed by atoms with van der Waals surface area (Å²) in [7, 11) is 5.93. The van der Waals surface area contributed by atoms with Gasteiger partial charge >= 0.3 is 0 Å². The molecule has 0 aromatic heterocycles. The number of ether oxygens (including phenoxy) is 1. The van der Waals surface area contributed by atoms with E-state index >= 15 is 0 Å². The molecule has 1 aromatic rings. The molecule has 4 nitrogen and oxygen atoms in total. The third-order valence-electron chi connectivity index (χ3n) is 4.15. The molecule has 1 aromatic carbocycles. The summed E-state index contributed by atoms with van der Waals surface area (Å²) < 4.78 is 5.42. The van der Waals surface area contributed by atoms with E-state index in [9.17, 15) is 5.11 Å². The maximum Gasteiger partial charge on any atom is 0.126 e. The molecule has 4 heteroatoms. The molecule has 0 radical (unpaired) electrons. The van der Waals surface area contributed by atoms with Crippen LogP contribution in [0.1, 0.15) is 31.4 Å². The van der Waals surface area contributed by atoms with Gasteiger partial charge in [0.05, 0.1) is 13.2 Å². The number of aliphatic hydroxyl groups is 1. The summed E-state index contributed by atoms with van der Waals surface area (Å²) in [5, 5.41) is 10.1. The zero-order chi connectivity index (χ0) is 14.7. The number of anilines is 1. The van der Waals surface area contributed by atoms with Crippen LogP contribution in [0.3, 0.4) is 0 Å². The Labute approximate surface area is 122 Å². The van der Waals surface area contributed by atoms with Crippen molar-refractivity contribution in [3.63, 3.8) is 0 Å². The van der Waals surface area contributed by atoms with E-state index in [1.165, 1.54) is 12.8 Å². The molecule has 2 unspecified atom stereocenters. The monoisotopic (exact) mass is 278 g/mol. The van der Waals surface area contributed by atoms with Gasteiger partial charge in [0.1, 0.15) is 5.75 Å². The normalized spacial score (nSPS) is 21.1. The van der Waals surface area contributed by atoms with Crippen molar-refractivity contribution in [2.45, 2.75) is 31.9 Å². The zero-order valence-corrected chi connectivity index (χ0v) is 13.0. The van der Waals surface area contributed by atoms with Gasteiger partial charge in [0.2, 0.25) is 0 Å². The van der Waals surface area contributed by atoms with Gasteiger partial charge in [-0.1, -0.05) is 6.07 Å². The lowest BCUT2D eigenvalue weighted by Crippen LogP contribution is -2.45. The Balaban J connectivity index is 2.32. The van der Waals surface area contributed by atoms with Crippen LogP contribution in [0.15, 0.2) is 18.2 Å². The molecule has 20 heavy (non-hydrogen) atoms. The maximum atomic E-state index is 10.1. The molecule has 0 aliphatic carbocycles. The number of aliphatic hydroxyl groups excluding tert-OH is 1. The highest BCUT2D eigenvalue weighted by Crippen LogP contribution is 2.35. The largest absolute Gasteiger partial charge is 0.496 e. The van der Waals surface area contributed by atoms with Crippen LogP contribution in [0.25, 0.3) is 0 Å². The fourth-order valence-electron chi connectivity index (χ4n) is 3.00. The Hall–Kier alpha value is -1.26. The molecule has 1 aliphatic rings. The molecular formula is C16H26N2O2. The van der Waals surface area contributed by atoms with E-state index in [0.29, 0.717) is 6.04 Å². The Morgan fingerprint density at radius 3 is 2.75 bits per heavy atom. The van der Waals surface area contributed by atoms with Crippen LogP contribution in [0.4, 0.5) is 5.69 Å². The zero-order valence-electron chi connectivity index (χ0n) is 13.0. The van der Waals surface area contributed by atoms with Crippen molar-refractivity contribution < 1.29 is 9.84 Å². The van der Waals surface area contributed by atoms with Crippen molar-refractivity contribution in [2.75, 3.05) is 39.2 Å². The Kier molecular flexibility index (Phi) is 4.89. The Bertz CT molecular complexity index is 446. The van der Waals surface area contributed by atoms with Crippen LogP contribution in [-0.2, 0) is 0 Å². The lowest BCUT2D eigenvalue weighted by atomic mass is 10.0. The van der Waals surface area contributed by atoms with Crippen LogP contribution in [0.2, 0.25) is 0 Å². The van der Waals surface area contributed by atoms with Crippen molar-refractivity contribution in [1.29, 1.82) is 0 Å². The topological polar surface area (TPSA) is 35.9 Å². The number of rotatable bonds is 4. The number of hydrogen-bond acceptors (Lipinski definition) is 4. The molecule has 2 rings (SSSR count). The predicted octanol–water partition coefficient (Wildman–Crippen LogP) is 2.28. The molecule has 0 spiro atoms. The third kappa shape index (κ3) is 3.07. The molecule has 1 heterocycles. The molecule has 1 N–H and O–H groups in total. The average Bonchev–Trinajstić information content (AvgIpc) is 2.46. The third-order valence-corrected chi connectivity index (χ3v) is 4.15. The number of likely N-dealkylation sites (N-methyl/N-ethyl adjacent to an activating group) is 1. The summed E-state index contributed by atoms with van der Waals surface area (Å²) >= 11 is 0.